The maximum absolute atomic E-state index is 8.60. The number of hydrogen-bond acceptors (Lipinski definition) is 2. The molecule has 0 heterocycles. The Morgan fingerprint density at radius 1 is 1.73 bits per heavy atom. The summed E-state index contributed by atoms with van der Waals surface area (Å²) in [6.07, 6.45) is 6.11. The molecule has 0 spiro atoms. The maximum Gasteiger partial charge on any atom is 0.222 e. The fraction of sp³-hybridized carbons (Fsp3) is 0.333. The van der Waals surface area contributed by atoms with E-state index in [-0.39, 0.29) is 0 Å². The molecule has 64 valence electrons. The second-order valence-electron chi connectivity index (χ2n) is 1.43. The average molecular weight is 215 g/mol. The molecule has 0 radical (unpaired) electrons. The van der Waals surface area contributed by atoms with Crippen LogP contribution in [0.2, 0.25) is 0 Å². The Morgan fingerprint density at radius 2 is 2.09 bits per heavy atom. The quantitative estimate of drug-likeness (QED) is 0.421. The molecule has 0 saturated heterocycles. The van der Waals surface area contributed by atoms with E-state index in [4.69, 9.17) is 16.4 Å². The monoisotopic (exact) mass is 214 g/mol. The second kappa shape index (κ2) is 10.2. The predicted molar refractivity (Wildman–Crippen MR) is 50.5 cm³/mol. The lowest BCUT2D eigenvalue weighted by molar-refractivity contribution is 0.230. The van der Waals surface area contributed by atoms with Crippen molar-refractivity contribution in [2.24, 2.45) is 0 Å². The lowest BCUT2D eigenvalue weighted by atomic mass is 10.3. The summed E-state index contributed by atoms with van der Waals surface area (Å²) in [6.45, 7) is 1.66. The third kappa shape index (κ3) is 25.3. The molecule has 0 rings (SSSR count). The number of aliphatic hydroxyl groups is 1. The van der Waals surface area contributed by atoms with Gasteiger partial charge in [-0.1, -0.05) is 6.08 Å². The number of terminal acetylenes is 1. The molecule has 1 atom stereocenters. The number of hydrogen-bond donors (Lipinski definition) is 2. The standard InChI is InChI=1S/C6H8O.Cl2HOP/c1-3-5-6(7)4-2;1-4(2)3/h1,4,6-7H,2,5H2;3H. The Balaban J connectivity index is 0. The minimum atomic E-state index is -1.68. The van der Waals surface area contributed by atoms with Crippen molar-refractivity contribution in [3.63, 3.8) is 0 Å². The molecule has 0 aliphatic carbocycles. The molecule has 0 aliphatic rings. The summed E-state index contributed by atoms with van der Waals surface area (Å²) >= 11 is 9.32. The van der Waals surface area contributed by atoms with E-state index in [0.29, 0.717) is 6.42 Å². The highest BCUT2D eigenvalue weighted by molar-refractivity contribution is 7.99. The third-order valence-corrected chi connectivity index (χ3v) is 0.599. The van der Waals surface area contributed by atoms with Gasteiger partial charge in [0.25, 0.3) is 0 Å². The highest BCUT2D eigenvalue weighted by Crippen LogP contribution is 2.40. The molecule has 11 heavy (non-hydrogen) atoms. The van der Waals surface area contributed by atoms with Crippen LogP contribution in [-0.2, 0) is 0 Å². The molecule has 2 nitrogen and oxygen atoms in total. The van der Waals surface area contributed by atoms with Crippen molar-refractivity contribution >= 4 is 29.3 Å². The Bertz CT molecular complexity index is 130. The van der Waals surface area contributed by atoms with Gasteiger partial charge >= 0.3 is 0 Å². The minimum Gasteiger partial charge on any atom is -0.388 e. The molecule has 0 saturated carbocycles. The van der Waals surface area contributed by atoms with E-state index in [2.05, 4.69) is 35.0 Å². The molecule has 0 amide bonds. The lowest BCUT2D eigenvalue weighted by Gasteiger charge is -1.93. The van der Waals surface area contributed by atoms with Crippen molar-refractivity contribution in [3.8, 4) is 12.3 Å². The van der Waals surface area contributed by atoms with E-state index in [1.165, 1.54) is 6.08 Å². The molecule has 5 heteroatoms. The van der Waals surface area contributed by atoms with Gasteiger partial charge in [-0.2, -0.15) is 0 Å². The fourth-order valence-electron chi connectivity index (χ4n) is 0.204. The van der Waals surface area contributed by atoms with Crippen molar-refractivity contribution in [3.05, 3.63) is 12.7 Å². The number of halogens is 2. The average Bonchev–Trinajstić information content (AvgIpc) is 1.87. The minimum absolute atomic E-state index is 0.365. The van der Waals surface area contributed by atoms with E-state index in [0.717, 1.165) is 0 Å². The zero-order valence-corrected chi connectivity index (χ0v) is 8.15. The van der Waals surface area contributed by atoms with E-state index < -0.39 is 13.0 Å². The van der Waals surface area contributed by atoms with Crippen LogP contribution in [-0.4, -0.2) is 16.1 Å². The van der Waals surface area contributed by atoms with Gasteiger partial charge in [0.05, 0.1) is 6.10 Å². The van der Waals surface area contributed by atoms with Crippen LogP contribution in [0, 0.1) is 12.3 Å². The van der Waals surface area contributed by atoms with Crippen LogP contribution >= 0.6 is 29.3 Å². The summed E-state index contributed by atoms with van der Waals surface area (Å²) < 4.78 is 0. The van der Waals surface area contributed by atoms with Gasteiger partial charge in [-0.15, -0.1) is 18.9 Å². The van der Waals surface area contributed by atoms with Crippen molar-refractivity contribution < 1.29 is 10.00 Å². The summed E-state index contributed by atoms with van der Waals surface area (Å²) in [4.78, 5) is 7.65. The molecule has 1 unspecified atom stereocenters. The maximum atomic E-state index is 8.60. The molecule has 0 aromatic heterocycles. The molecule has 0 aromatic rings. The Labute approximate surface area is 77.2 Å². The van der Waals surface area contributed by atoms with Gasteiger partial charge in [0, 0.05) is 6.42 Å². The van der Waals surface area contributed by atoms with Gasteiger partial charge in [0.15, 0.2) is 0 Å². The zero-order chi connectivity index (χ0) is 9.28. The van der Waals surface area contributed by atoms with E-state index in [9.17, 15) is 0 Å². The van der Waals surface area contributed by atoms with Crippen LogP contribution in [0.25, 0.3) is 0 Å². The molecule has 0 bridgehead atoms. The topological polar surface area (TPSA) is 40.5 Å². The summed E-state index contributed by atoms with van der Waals surface area (Å²) in [5, 5.41) is 8.60. The zero-order valence-electron chi connectivity index (χ0n) is 5.74. The molecule has 0 aromatic carbocycles. The van der Waals surface area contributed by atoms with E-state index >= 15 is 0 Å². The van der Waals surface area contributed by atoms with Crippen LogP contribution in [0.15, 0.2) is 12.7 Å². The number of rotatable bonds is 2. The van der Waals surface area contributed by atoms with Crippen LogP contribution in [0.4, 0.5) is 0 Å². The Kier molecular flexibility index (Phi) is 12.8. The first-order chi connectivity index (χ1) is 5.04. The SMILES string of the molecule is C#CCC(O)C=C.OP(Cl)Cl. The molecule has 2 N–H and O–H groups in total. The fourth-order valence-corrected chi connectivity index (χ4v) is 0.204. The lowest BCUT2D eigenvalue weighted by Crippen LogP contribution is -1.97. The first-order valence-corrected chi connectivity index (χ1v) is 5.69. The third-order valence-electron chi connectivity index (χ3n) is 0.599. The molecular weight excluding hydrogens is 206 g/mol. The number of aliphatic hydroxyl groups excluding tert-OH is 1. The first-order valence-electron chi connectivity index (χ1n) is 2.59. The summed E-state index contributed by atoms with van der Waals surface area (Å²) in [5.74, 6) is 2.30. The van der Waals surface area contributed by atoms with Gasteiger partial charge in [-0.3, -0.25) is 0 Å². The molecule has 0 aliphatic heterocycles. The van der Waals surface area contributed by atoms with Crippen molar-refractivity contribution in [1.82, 2.24) is 0 Å². The van der Waals surface area contributed by atoms with E-state index in [1.54, 1.807) is 0 Å². The van der Waals surface area contributed by atoms with Crippen LogP contribution in [0.1, 0.15) is 6.42 Å². The largest absolute Gasteiger partial charge is 0.388 e. The van der Waals surface area contributed by atoms with Crippen molar-refractivity contribution in [2.75, 3.05) is 0 Å². The molecule has 0 fully saturated rings. The highest BCUT2D eigenvalue weighted by Gasteiger charge is 1.89. The van der Waals surface area contributed by atoms with Gasteiger partial charge in [-0.05, 0) is 22.5 Å². The molecular formula is C6H9Cl2O2P. The van der Waals surface area contributed by atoms with Crippen LogP contribution in [0.3, 0.4) is 0 Å². The van der Waals surface area contributed by atoms with Gasteiger partial charge in [-0.25, -0.2) is 0 Å². The highest BCUT2D eigenvalue weighted by atomic mass is 35.9. The van der Waals surface area contributed by atoms with Crippen LogP contribution < -0.4 is 0 Å². The van der Waals surface area contributed by atoms with Crippen molar-refractivity contribution in [2.45, 2.75) is 12.5 Å². The first kappa shape index (κ1) is 13.8. The Hall–Kier alpha value is 0.230. The predicted octanol–water partition coefficient (Wildman–Crippen LogP) is 2.24. The van der Waals surface area contributed by atoms with Gasteiger partial charge in [0.1, 0.15) is 0 Å². The van der Waals surface area contributed by atoms with Crippen molar-refractivity contribution in [1.29, 1.82) is 0 Å². The van der Waals surface area contributed by atoms with Gasteiger partial charge < -0.3 is 10.00 Å². The summed E-state index contributed by atoms with van der Waals surface area (Å²) in [7, 11) is 0. The van der Waals surface area contributed by atoms with Gasteiger partial charge in [0.2, 0.25) is 6.85 Å². The summed E-state index contributed by atoms with van der Waals surface area (Å²) in [5.41, 5.74) is 0. The normalized spacial score (nSPS) is 10.9. The van der Waals surface area contributed by atoms with Crippen LogP contribution in [0.5, 0.6) is 0 Å². The Morgan fingerprint density at radius 3 is 2.18 bits per heavy atom. The summed E-state index contributed by atoms with van der Waals surface area (Å²) in [6, 6.07) is 0. The second-order valence-corrected chi connectivity index (χ2v) is 4.30. The van der Waals surface area contributed by atoms with E-state index in [1.807, 2.05) is 0 Å². The smallest absolute Gasteiger partial charge is 0.222 e.